The Morgan fingerprint density at radius 2 is 1.85 bits per heavy atom. The maximum absolute atomic E-state index is 12.6. The number of morpholine rings is 1. The van der Waals surface area contributed by atoms with Gasteiger partial charge in [0, 0.05) is 31.0 Å². The Morgan fingerprint density at radius 3 is 2.48 bits per heavy atom. The molecule has 1 aliphatic rings. The Kier molecular flexibility index (Phi) is 5.79. The number of ether oxygens (including phenoxy) is 1. The summed E-state index contributed by atoms with van der Waals surface area (Å²) in [6.07, 6.45) is 3.06. The van der Waals surface area contributed by atoms with Crippen molar-refractivity contribution in [2.24, 2.45) is 10.9 Å². The molecule has 0 aliphatic carbocycles. The molecule has 0 radical (unpaired) electrons. The maximum atomic E-state index is 12.6. The molecule has 9 nitrogen and oxygen atoms in total. The third-order valence-corrected chi connectivity index (χ3v) is 5.79. The van der Waals surface area contributed by atoms with Crippen molar-refractivity contribution in [1.82, 2.24) is 9.29 Å². The fourth-order valence-electron chi connectivity index (χ4n) is 2.41. The van der Waals surface area contributed by atoms with Crippen molar-refractivity contribution < 1.29 is 22.8 Å². The quantitative estimate of drug-likeness (QED) is 0.343. The van der Waals surface area contributed by atoms with Gasteiger partial charge in [-0.05, 0) is 36.4 Å². The Morgan fingerprint density at radius 1 is 1.15 bits per heavy atom. The first kappa shape index (κ1) is 19.0. The molecule has 1 aromatic carbocycles. The molecule has 2 N–H and O–H groups in total. The second-order valence-electron chi connectivity index (χ2n) is 5.64. The van der Waals surface area contributed by atoms with Crippen LogP contribution >= 0.6 is 0 Å². The van der Waals surface area contributed by atoms with Crippen LogP contribution < -0.4 is 5.73 Å². The number of nitrogens with two attached hydrogens (primary N) is 1. The highest BCUT2D eigenvalue weighted by atomic mass is 32.2. The van der Waals surface area contributed by atoms with E-state index in [0.717, 1.165) is 0 Å². The first-order chi connectivity index (χ1) is 13.0. The SMILES string of the molecule is NC(=NOC(=O)c1ccc(S(=O)(=O)N2CCOCC2)cc1)c1cccnc1. The number of benzene rings is 1. The van der Waals surface area contributed by atoms with Crippen molar-refractivity contribution in [1.29, 1.82) is 0 Å². The van der Waals surface area contributed by atoms with Crippen molar-refractivity contribution >= 4 is 21.8 Å². The summed E-state index contributed by atoms with van der Waals surface area (Å²) in [5.41, 5.74) is 6.39. The minimum absolute atomic E-state index is 0.00275. The third kappa shape index (κ3) is 4.48. The van der Waals surface area contributed by atoms with Crippen LogP contribution in [-0.2, 0) is 19.6 Å². The molecule has 0 spiro atoms. The molecule has 2 heterocycles. The molecule has 142 valence electrons. The normalized spacial score (nSPS) is 16.1. The molecule has 1 saturated heterocycles. The van der Waals surface area contributed by atoms with Crippen LogP contribution in [0, 0.1) is 0 Å². The van der Waals surface area contributed by atoms with Gasteiger partial charge in [-0.25, -0.2) is 13.2 Å². The van der Waals surface area contributed by atoms with Gasteiger partial charge in [-0.15, -0.1) is 0 Å². The van der Waals surface area contributed by atoms with Crippen molar-refractivity contribution in [3.8, 4) is 0 Å². The Hall–Kier alpha value is -2.82. The predicted octanol–water partition coefficient (Wildman–Crippen LogP) is 0.580. The minimum atomic E-state index is -3.62. The van der Waals surface area contributed by atoms with Crippen LogP contribution in [0.25, 0.3) is 0 Å². The second kappa shape index (κ2) is 8.25. The van der Waals surface area contributed by atoms with Gasteiger partial charge < -0.3 is 15.3 Å². The summed E-state index contributed by atoms with van der Waals surface area (Å²) in [6.45, 7) is 1.32. The summed E-state index contributed by atoms with van der Waals surface area (Å²) < 4.78 is 31.6. The van der Waals surface area contributed by atoms with E-state index in [2.05, 4.69) is 10.1 Å². The zero-order chi connectivity index (χ0) is 19.3. The summed E-state index contributed by atoms with van der Waals surface area (Å²) >= 11 is 0. The zero-order valence-electron chi connectivity index (χ0n) is 14.3. The fraction of sp³-hybridized carbons (Fsp3) is 0.235. The van der Waals surface area contributed by atoms with E-state index >= 15 is 0 Å². The molecule has 0 amide bonds. The van der Waals surface area contributed by atoms with Crippen LogP contribution in [0.3, 0.4) is 0 Å². The van der Waals surface area contributed by atoms with E-state index in [1.807, 2.05) is 0 Å². The zero-order valence-corrected chi connectivity index (χ0v) is 15.1. The van der Waals surface area contributed by atoms with Gasteiger partial charge in [-0.3, -0.25) is 4.98 Å². The summed E-state index contributed by atoms with van der Waals surface area (Å²) in [7, 11) is -3.62. The van der Waals surface area contributed by atoms with Crippen molar-refractivity contribution in [3.05, 3.63) is 59.9 Å². The Bertz CT molecular complexity index is 924. The molecule has 0 saturated carbocycles. The van der Waals surface area contributed by atoms with E-state index in [0.29, 0.717) is 31.9 Å². The van der Waals surface area contributed by atoms with E-state index in [-0.39, 0.29) is 16.3 Å². The van der Waals surface area contributed by atoms with E-state index in [4.69, 9.17) is 15.3 Å². The molecule has 0 unspecified atom stereocenters. The molecule has 3 rings (SSSR count). The van der Waals surface area contributed by atoms with Gasteiger partial charge in [0.15, 0.2) is 5.84 Å². The first-order valence-corrected chi connectivity index (χ1v) is 9.55. The smallest absolute Gasteiger partial charge is 0.365 e. The highest BCUT2D eigenvalue weighted by Crippen LogP contribution is 2.18. The van der Waals surface area contributed by atoms with Gasteiger partial charge in [0.2, 0.25) is 10.0 Å². The average Bonchev–Trinajstić information content (AvgIpc) is 2.73. The highest BCUT2D eigenvalue weighted by Gasteiger charge is 2.26. The summed E-state index contributed by atoms with van der Waals surface area (Å²) in [5.74, 6) is -0.750. The predicted molar refractivity (Wildman–Crippen MR) is 96.4 cm³/mol. The van der Waals surface area contributed by atoms with Gasteiger partial charge >= 0.3 is 5.97 Å². The largest absolute Gasteiger partial charge is 0.380 e. The van der Waals surface area contributed by atoms with E-state index in [1.165, 1.54) is 34.8 Å². The molecular weight excluding hydrogens is 372 g/mol. The lowest BCUT2D eigenvalue weighted by Gasteiger charge is -2.26. The maximum Gasteiger partial charge on any atom is 0.365 e. The van der Waals surface area contributed by atoms with E-state index < -0.39 is 16.0 Å². The van der Waals surface area contributed by atoms with Gasteiger partial charge in [0.05, 0.1) is 23.7 Å². The summed E-state index contributed by atoms with van der Waals surface area (Å²) in [6, 6.07) is 8.79. The van der Waals surface area contributed by atoms with E-state index in [9.17, 15) is 13.2 Å². The van der Waals surface area contributed by atoms with Crippen molar-refractivity contribution in [3.63, 3.8) is 0 Å². The number of pyridine rings is 1. The topological polar surface area (TPSA) is 124 Å². The average molecular weight is 390 g/mol. The number of carbonyl (C=O) groups excluding carboxylic acids is 1. The van der Waals surface area contributed by atoms with Gasteiger partial charge in [-0.2, -0.15) is 4.31 Å². The number of nitrogens with zero attached hydrogens (tertiary/aromatic N) is 3. The van der Waals surface area contributed by atoms with Crippen LogP contribution in [0.1, 0.15) is 15.9 Å². The van der Waals surface area contributed by atoms with Crippen molar-refractivity contribution in [2.45, 2.75) is 4.90 Å². The fourth-order valence-corrected chi connectivity index (χ4v) is 3.82. The van der Waals surface area contributed by atoms with Gasteiger partial charge in [0.25, 0.3) is 0 Å². The highest BCUT2D eigenvalue weighted by molar-refractivity contribution is 7.89. The number of aromatic nitrogens is 1. The summed E-state index contributed by atoms with van der Waals surface area (Å²) in [5, 5.41) is 3.58. The standard InChI is InChI=1S/C17H18N4O5S/c18-16(14-2-1-7-19-12-14)20-26-17(22)13-3-5-15(6-4-13)27(23,24)21-8-10-25-11-9-21/h1-7,12H,8-11H2,(H2,18,20). The molecular formula is C17H18N4O5S. The number of oxime groups is 1. The van der Waals surface area contributed by atoms with Crippen LogP contribution in [0.5, 0.6) is 0 Å². The second-order valence-corrected chi connectivity index (χ2v) is 7.58. The lowest BCUT2D eigenvalue weighted by atomic mass is 10.2. The first-order valence-electron chi connectivity index (χ1n) is 8.11. The molecule has 0 bridgehead atoms. The number of rotatable bonds is 5. The van der Waals surface area contributed by atoms with Crippen LogP contribution in [0.4, 0.5) is 0 Å². The minimum Gasteiger partial charge on any atom is -0.380 e. The number of carbonyl (C=O) groups is 1. The monoisotopic (exact) mass is 390 g/mol. The molecule has 0 atom stereocenters. The van der Waals surface area contributed by atoms with Crippen LogP contribution in [0.15, 0.2) is 58.8 Å². The third-order valence-electron chi connectivity index (χ3n) is 3.88. The number of amidine groups is 1. The number of hydrogen-bond acceptors (Lipinski definition) is 7. The van der Waals surface area contributed by atoms with Crippen LogP contribution in [0.2, 0.25) is 0 Å². The Balaban J connectivity index is 1.68. The number of hydrogen-bond donors (Lipinski definition) is 1. The molecule has 27 heavy (non-hydrogen) atoms. The van der Waals surface area contributed by atoms with Gasteiger partial charge in [-0.1, -0.05) is 5.16 Å². The molecule has 10 heteroatoms. The molecule has 1 fully saturated rings. The van der Waals surface area contributed by atoms with Crippen molar-refractivity contribution in [2.75, 3.05) is 26.3 Å². The molecule has 2 aromatic rings. The van der Waals surface area contributed by atoms with E-state index in [1.54, 1.807) is 18.3 Å². The summed E-state index contributed by atoms with van der Waals surface area (Å²) in [4.78, 5) is 20.9. The lowest BCUT2D eigenvalue weighted by Crippen LogP contribution is -2.40. The van der Waals surface area contributed by atoms with Crippen LogP contribution in [-0.4, -0.2) is 55.8 Å². The number of sulfonamides is 1. The lowest BCUT2D eigenvalue weighted by molar-refractivity contribution is 0.0516. The van der Waals surface area contributed by atoms with Gasteiger partial charge in [0.1, 0.15) is 0 Å². The molecule has 1 aromatic heterocycles. The molecule has 1 aliphatic heterocycles. The Labute approximate surface area is 156 Å².